The molecule has 0 spiro atoms. The molecule has 2 N–H and O–H groups in total. The van der Waals surface area contributed by atoms with Gasteiger partial charge in [-0.1, -0.05) is 42.5 Å². The fourth-order valence-electron chi connectivity index (χ4n) is 2.77. The van der Waals surface area contributed by atoms with Gasteiger partial charge >= 0.3 is 0 Å². The van der Waals surface area contributed by atoms with Crippen LogP contribution in [0.4, 0.5) is 0 Å². The third kappa shape index (κ3) is 4.65. The Balaban J connectivity index is 1.68. The molecule has 3 aromatic carbocycles. The van der Waals surface area contributed by atoms with Gasteiger partial charge < -0.3 is 9.84 Å². The third-order valence-electron chi connectivity index (χ3n) is 3.98. The Hall–Kier alpha value is -2.86. The number of aromatic hydroxyl groups is 1. The summed E-state index contributed by atoms with van der Waals surface area (Å²) in [7, 11) is 0. The molecule has 5 nitrogen and oxygen atoms in total. The number of benzene rings is 3. The first-order valence-electron chi connectivity index (χ1n) is 8.52. The number of hydrogen-bond acceptors (Lipinski definition) is 4. The van der Waals surface area contributed by atoms with Gasteiger partial charge in [0.05, 0.1) is 23.7 Å². The van der Waals surface area contributed by atoms with Crippen LogP contribution in [0.3, 0.4) is 0 Å². The lowest BCUT2D eigenvalue weighted by Crippen LogP contribution is -2.19. The van der Waals surface area contributed by atoms with Gasteiger partial charge in [-0.3, -0.25) is 4.79 Å². The van der Waals surface area contributed by atoms with E-state index in [1.807, 2.05) is 49.4 Å². The highest BCUT2D eigenvalue weighted by Crippen LogP contribution is 2.35. The van der Waals surface area contributed by atoms with Gasteiger partial charge in [0.1, 0.15) is 0 Å². The van der Waals surface area contributed by atoms with Crippen LogP contribution in [-0.2, 0) is 11.2 Å². The molecule has 0 saturated carbocycles. The minimum atomic E-state index is -0.203. The normalized spacial score (nSPS) is 11.0. The van der Waals surface area contributed by atoms with Crippen LogP contribution in [0.5, 0.6) is 11.5 Å². The minimum Gasteiger partial charge on any atom is -0.503 e. The van der Waals surface area contributed by atoms with E-state index in [0.717, 1.165) is 16.3 Å². The quantitative estimate of drug-likeness (QED) is 0.453. The van der Waals surface area contributed by atoms with Crippen molar-refractivity contribution < 1.29 is 14.6 Å². The molecule has 0 aliphatic heterocycles. The predicted octanol–water partition coefficient (Wildman–Crippen LogP) is 4.40. The monoisotopic (exact) mass is 426 g/mol. The highest BCUT2D eigenvalue weighted by Gasteiger charge is 2.09. The van der Waals surface area contributed by atoms with E-state index < -0.39 is 0 Å². The number of fused-ring (bicyclic) bond motifs is 1. The van der Waals surface area contributed by atoms with E-state index >= 15 is 0 Å². The number of phenols is 1. The maximum Gasteiger partial charge on any atom is 0.244 e. The largest absolute Gasteiger partial charge is 0.503 e. The summed E-state index contributed by atoms with van der Waals surface area (Å²) in [5.41, 5.74) is 4.18. The van der Waals surface area contributed by atoms with Crippen molar-refractivity contribution in [3.8, 4) is 11.5 Å². The van der Waals surface area contributed by atoms with Crippen molar-refractivity contribution in [2.24, 2.45) is 5.10 Å². The zero-order chi connectivity index (χ0) is 19.2. The second kappa shape index (κ2) is 8.68. The molecule has 0 saturated heterocycles. The molecule has 3 aromatic rings. The molecule has 6 heteroatoms. The minimum absolute atomic E-state index is 0.0361. The Morgan fingerprint density at radius 1 is 1.22 bits per heavy atom. The maximum atomic E-state index is 12.2. The van der Waals surface area contributed by atoms with Crippen molar-refractivity contribution >= 4 is 38.8 Å². The molecule has 138 valence electrons. The molecule has 0 unspecified atom stereocenters. The van der Waals surface area contributed by atoms with Gasteiger partial charge in [-0.05, 0) is 56.9 Å². The molecule has 0 bridgehead atoms. The van der Waals surface area contributed by atoms with Crippen LogP contribution in [0.25, 0.3) is 10.8 Å². The molecule has 0 fully saturated rings. The van der Waals surface area contributed by atoms with Crippen LogP contribution in [0.2, 0.25) is 0 Å². The van der Waals surface area contributed by atoms with Crippen molar-refractivity contribution in [3.05, 3.63) is 70.2 Å². The van der Waals surface area contributed by atoms with Crippen LogP contribution < -0.4 is 10.2 Å². The van der Waals surface area contributed by atoms with Crippen LogP contribution in [-0.4, -0.2) is 23.8 Å². The summed E-state index contributed by atoms with van der Waals surface area (Å²) in [5, 5.41) is 16.1. The van der Waals surface area contributed by atoms with Gasteiger partial charge in [0.2, 0.25) is 5.91 Å². The molecule has 0 aromatic heterocycles. The summed E-state index contributed by atoms with van der Waals surface area (Å²) in [6.45, 7) is 2.27. The maximum absolute atomic E-state index is 12.2. The smallest absolute Gasteiger partial charge is 0.244 e. The molecular weight excluding hydrogens is 408 g/mol. The van der Waals surface area contributed by atoms with Crippen LogP contribution in [0, 0.1) is 0 Å². The van der Waals surface area contributed by atoms with E-state index in [9.17, 15) is 9.90 Å². The Labute approximate surface area is 165 Å². The van der Waals surface area contributed by atoms with Crippen LogP contribution in [0.15, 0.2) is 64.2 Å². The lowest BCUT2D eigenvalue weighted by molar-refractivity contribution is -0.120. The van der Waals surface area contributed by atoms with Crippen molar-refractivity contribution in [3.63, 3.8) is 0 Å². The topological polar surface area (TPSA) is 70.9 Å². The molecule has 0 radical (unpaired) electrons. The van der Waals surface area contributed by atoms with Crippen LogP contribution in [0.1, 0.15) is 18.1 Å². The molecule has 0 aliphatic carbocycles. The van der Waals surface area contributed by atoms with Gasteiger partial charge in [0.25, 0.3) is 0 Å². The number of halogens is 1. The van der Waals surface area contributed by atoms with E-state index in [4.69, 9.17) is 4.74 Å². The second-order valence-electron chi connectivity index (χ2n) is 5.89. The first kappa shape index (κ1) is 18.9. The molecule has 27 heavy (non-hydrogen) atoms. The highest BCUT2D eigenvalue weighted by atomic mass is 79.9. The Morgan fingerprint density at radius 2 is 2.00 bits per heavy atom. The fourth-order valence-corrected chi connectivity index (χ4v) is 3.23. The van der Waals surface area contributed by atoms with Gasteiger partial charge in [-0.25, -0.2) is 5.43 Å². The Morgan fingerprint density at radius 3 is 2.81 bits per heavy atom. The van der Waals surface area contributed by atoms with Gasteiger partial charge in [-0.15, -0.1) is 0 Å². The molecular formula is C21H19BrN2O3. The van der Waals surface area contributed by atoms with E-state index in [2.05, 4.69) is 26.5 Å². The molecule has 0 aliphatic rings. The van der Waals surface area contributed by atoms with Crippen molar-refractivity contribution in [2.45, 2.75) is 13.3 Å². The zero-order valence-corrected chi connectivity index (χ0v) is 16.4. The average molecular weight is 427 g/mol. The van der Waals surface area contributed by atoms with Crippen molar-refractivity contribution in [1.82, 2.24) is 5.43 Å². The molecule has 3 rings (SSSR count). The number of hydrazone groups is 1. The second-order valence-corrected chi connectivity index (χ2v) is 6.75. The standard InChI is InChI=1S/C21H19BrN2O3/c1-2-27-19-11-14(10-18(22)21(19)26)13-23-24-20(25)12-16-8-5-7-15-6-3-4-9-17(15)16/h3-11,13,26H,2,12H2,1H3,(H,24,25)/b23-13+. The van der Waals surface area contributed by atoms with E-state index in [-0.39, 0.29) is 18.1 Å². The highest BCUT2D eigenvalue weighted by molar-refractivity contribution is 9.10. The summed E-state index contributed by atoms with van der Waals surface area (Å²) >= 11 is 3.28. The Kier molecular flexibility index (Phi) is 6.08. The average Bonchev–Trinajstić information content (AvgIpc) is 2.66. The summed E-state index contributed by atoms with van der Waals surface area (Å²) in [4.78, 5) is 12.2. The number of carbonyl (C=O) groups is 1. The molecule has 1 amide bonds. The van der Waals surface area contributed by atoms with E-state index in [0.29, 0.717) is 22.4 Å². The van der Waals surface area contributed by atoms with Crippen LogP contribution >= 0.6 is 15.9 Å². The summed E-state index contributed by atoms with van der Waals surface area (Å²) < 4.78 is 5.87. The van der Waals surface area contributed by atoms with Crippen molar-refractivity contribution in [1.29, 1.82) is 0 Å². The number of nitrogens with one attached hydrogen (secondary N) is 1. The summed E-state index contributed by atoms with van der Waals surface area (Å²) in [5.74, 6) is 0.190. The summed E-state index contributed by atoms with van der Waals surface area (Å²) in [6, 6.07) is 17.2. The number of hydrogen-bond donors (Lipinski definition) is 2. The fraction of sp³-hybridized carbons (Fsp3) is 0.143. The number of ether oxygens (including phenoxy) is 1. The first-order valence-corrected chi connectivity index (χ1v) is 9.31. The van der Waals surface area contributed by atoms with Gasteiger partial charge in [-0.2, -0.15) is 5.10 Å². The Bertz CT molecular complexity index is 997. The van der Waals surface area contributed by atoms with Crippen molar-refractivity contribution in [2.75, 3.05) is 6.61 Å². The molecule has 0 atom stereocenters. The third-order valence-corrected chi connectivity index (χ3v) is 4.59. The van der Waals surface area contributed by atoms with Gasteiger partial charge in [0, 0.05) is 0 Å². The lowest BCUT2D eigenvalue weighted by atomic mass is 10.0. The summed E-state index contributed by atoms with van der Waals surface area (Å²) in [6.07, 6.45) is 1.75. The number of amides is 1. The predicted molar refractivity (Wildman–Crippen MR) is 110 cm³/mol. The van der Waals surface area contributed by atoms with E-state index in [1.54, 1.807) is 12.1 Å². The lowest BCUT2D eigenvalue weighted by Gasteiger charge is -2.08. The first-order chi connectivity index (χ1) is 13.1. The number of rotatable bonds is 6. The zero-order valence-electron chi connectivity index (χ0n) is 14.8. The number of carbonyl (C=O) groups excluding carboxylic acids is 1. The SMILES string of the molecule is CCOc1cc(/C=N/NC(=O)Cc2cccc3ccccc23)cc(Br)c1O. The van der Waals surface area contributed by atoms with Gasteiger partial charge in [0.15, 0.2) is 11.5 Å². The number of phenolic OH excluding ortho intramolecular Hbond substituents is 1. The number of nitrogens with zero attached hydrogens (tertiary/aromatic N) is 1. The molecule has 0 heterocycles. The van der Waals surface area contributed by atoms with E-state index in [1.165, 1.54) is 6.21 Å².